The molecule has 23 heavy (non-hydrogen) atoms. The third kappa shape index (κ3) is 3.11. The predicted molar refractivity (Wildman–Crippen MR) is 88.3 cm³/mol. The Bertz CT molecular complexity index is 736. The van der Waals surface area contributed by atoms with Crippen LogP contribution in [-0.2, 0) is 6.54 Å². The van der Waals surface area contributed by atoms with E-state index in [2.05, 4.69) is 11.8 Å². The number of hydrogen-bond donors (Lipinski definition) is 2. The van der Waals surface area contributed by atoms with E-state index in [0.717, 1.165) is 11.3 Å². The molecule has 0 fully saturated rings. The quantitative estimate of drug-likeness (QED) is 0.654. The van der Waals surface area contributed by atoms with Gasteiger partial charge in [-0.3, -0.25) is 10.0 Å². The number of carbonyl (C=O) groups is 1. The molecule has 120 valence electrons. The van der Waals surface area contributed by atoms with Crippen LogP contribution < -0.4 is 15.1 Å². The molecule has 2 N–H and O–H groups in total. The van der Waals surface area contributed by atoms with E-state index >= 15 is 0 Å². The fraction of sp³-hybridized carbons (Fsp3) is 0.235. The van der Waals surface area contributed by atoms with Crippen molar-refractivity contribution in [3.8, 4) is 5.75 Å². The van der Waals surface area contributed by atoms with Gasteiger partial charge in [-0.15, -0.1) is 0 Å². The summed E-state index contributed by atoms with van der Waals surface area (Å²) in [5.74, 6) is 0.0872. The predicted octanol–water partition coefficient (Wildman–Crippen LogP) is 3.25. The molecule has 0 aliphatic carbocycles. The summed E-state index contributed by atoms with van der Waals surface area (Å²) in [5.41, 5.74) is 3.90. The molecule has 1 aliphatic heterocycles. The molecule has 0 saturated heterocycles. The van der Waals surface area contributed by atoms with Gasteiger partial charge < -0.3 is 9.64 Å². The fourth-order valence-corrected chi connectivity index (χ4v) is 2.92. The van der Waals surface area contributed by atoms with Crippen molar-refractivity contribution >= 4 is 23.2 Å². The van der Waals surface area contributed by atoms with Crippen LogP contribution in [0.5, 0.6) is 5.75 Å². The molecule has 0 aromatic heterocycles. The highest BCUT2D eigenvalue weighted by molar-refractivity contribution is 6.33. The molecule has 0 spiro atoms. The average molecular weight is 333 g/mol. The number of halogens is 1. The number of hydroxylamine groups is 1. The fourth-order valence-electron chi connectivity index (χ4n) is 2.67. The van der Waals surface area contributed by atoms with Crippen molar-refractivity contribution in [2.24, 2.45) is 0 Å². The summed E-state index contributed by atoms with van der Waals surface area (Å²) in [7, 11) is 0. The van der Waals surface area contributed by atoms with E-state index < -0.39 is 5.91 Å². The second-order valence-electron chi connectivity index (χ2n) is 5.50. The number of benzene rings is 2. The Morgan fingerprint density at radius 3 is 2.87 bits per heavy atom. The Labute approximate surface area is 139 Å². The van der Waals surface area contributed by atoms with Gasteiger partial charge in [0.15, 0.2) is 0 Å². The van der Waals surface area contributed by atoms with E-state index in [-0.39, 0.29) is 6.04 Å². The monoisotopic (exact) mass is 332 g/mol. The Balaban J connectivity index is 1.96. The topological polar surface area (TPSA) is 61.8 Å². The standard InChI is InChI=1S/C17H17ClN2O3/c1-11-10-23-16-8-12(17(21)19-22)6-7-13(16)9-20(11)15-5-3-2-4-14(15)18/h2-8,11,22H,9-10H2,1H3,(H,19,21). The molecule has 1 aliphatic rings. The summed E-state index contributed by atoms with van der Waals surface area (Å²) in [5, 5.41) is 9.44. The maximum absolute atomic E-state index is 11.5. The first-order chi connectivity index (χ1) is 11.1. The number of hydrogen-bond acceptors (Lipinski definition) is 4. The van der Waals surface area contributed by atoms with Crippen LogP contribution in [0.2, 0.25) is 5.02 Å². The minimum Gasteiger partial charge on any atom is -0.491 e. The lowest BCUT2D eigenvalue weighted by Crippen LogP contribution is -2.35. The number of rotatable bonds is 2. The molecule has 1 amide bonds. The van der Waals surface area contributed by atoms with Gasteiger partial charge in [-0.05, 0) is 31.2 Å². The molecule has 2 aromatic rings. The molecule has 6 heteroatoms. The van der Waals surface area contributed by atoms with Gasteiger partial charge in [-0.2, -0.15) is 0 Å². The number of ether oxygens (including phenoxy) is 1. The van der Waals surface area contributed by atoms with Gasteiger partial charge in [0.1, 0.15) is 12.4 Å². The van der Waals surface area contributed by atoms with Gasteiger partial charge in [-0.25, -0.2) is 5.48 Å². The summed E-state index contributed by atoms with van der Waals surface area (Å²) in [6.07, 6.45) is 0. The van der Waals surface area contributed by atoms with Crippen molar-refractivity contribution < 1.29 is 14.7 Å². The SMILES string of the molecule is CC1COc2cc(C(=O)NO)ccc2CN1c1ccccc1Cl. The third-order valence-corrected chi connectivity index (χ3v) is 4.27. The highest BCUT2D eigenvalue weighted by Gasteiger charge is 2.24. The van der Waals surface area contributed by atoms with Crippen molar-refractivity contribution in [1.82, 2.24) is 5.48 Å². The van der Waals surface area contributed by atoms with Crippen LogP contribution in [0, 0.1) is 0 Å². The average Bonchev–Trinajstić information content (AvgIpc) is 2.73. The van der Waals surface area contributed by atoms with E-state index in [0.29, 0.717) is 29.5 Å². The van der Waals surface area contributed by atoms with Crippen molar-refractivity contribution in [2.75, 3.05) is 11.5 Å². The van der Waals surface area contributed by atoms with Crippen LogP contribution in [0.25, 0.3) is 0 Å². The summed E-state index contributed by atoms with van der Waals surface area (Å²) in [6.45, 7) is 3.17. The van der Waals surface area contributed by atoms with Crippen LogP contribution in [0.3, 0.4) is 0 Å². The van der Waals surface area contributed by atoms with Gasteiger partial charge >= 0.3 is 0 Å². The molecular formula is C17H17ClN2O3. The van der Waals surface area contributed by atoms with Crippen LogP contribution in [0.1, 0.15) is 22.8 Å². The maximum atomic E-state index is 11.5. The van der Waals surface area contributed by atoms with Crippen molar-refractivity contribution in [2.45, 2.75) is 19.5 Å². The Morgan fingerprint density at radius 2 is 2.13 bits per heavy atom. The number of anilines is 1. The van der Waals surface area contributed by atoms with E-state index in [9.17, 15) is 4.79 Å². The highest BCUT2D eigenvalue weighted by Crippen LogP contribution is 2.33. The van der Waals surface area contributed by atoms with Crippen LogP contribution in [0.4, 0.5) is 5.69 Å². The Hall–Kier alpha value is -2.24. The summed E-state index contributed by atoms with van der Waals surface area (Å²) in [6, 6.07) is 13.0. The zero-order valence-electron chi connectivity index (χ0n) is 12.6. The lowest BCUT2D eigenvalue weighted by molar-refractivity contribution is 0.0706. The Morgan fingerprint density at radius 1 is 1.35 bits per heavy atom. The second-order valence-corrected chi connectivity index (χ2v) is 5.91. The number of nitrogens with one attached hydrogen (secondary N) is 1. The van der Waals surface area contributed by atoms with Crippen LogP contribution in [0.15, 0.2) is 42.5 Å². The number of para-hydroxylation sites is 1. The van der Waals surface area contributed by atoms with E-state index in [4.69, 9.17) is 21.5 Å². The zero-order valence-corrected chi connectivity index (χ0v) is 13.4. The summed E-state index contributed by atoms with van der Waals surface area (Å²) >= 11 is 6.33. The van der Waals surface area contributed by atoms with Crippen molar-refractivity contribution in [1.29, 1.82) is 0 Å². The minimum absolute atomic E-state index is 0.123. The summed E-state index contributed by atoms with van der Waals surface area (Å²) in [4.78, 5) is 13.7. The van der Waals surface area contributed by atoms with Gasteiger partial charge in [-0.1, -0.05) is 29.8 Å². The molecule has 0 saturated carbocycles. The molecule has 0 radical (unpaired) electrons. The maximum Gasteiger partial charge on any atom is 0.274 e. The van der Waals surface area contributed by atoms with Gasteiger partial charge in [0, 0.05) is 17.7 Å². The van der Waals surface area contributed by atoms with Crippen LogP contribution in [-0.4, -0.2) is 23.8 Å². The molecule has 3 rings (SSSR count). The first kappa shape index (κ1) is 15.6. The normalized spacial score (nSPS) is 17.0. The lowest BCUT2D eigenvalue weighted by Gasteiger charge is -2.29. The first-order valence-corrected chi connectivity index (χ1v) is 7.69. The Kier molecular flexibility index (Phi) is 4.41. The van der Waals surface area contributed by atoms with Gasteiger partial charge in [0.2, 0.25) is 0 Å². The molecule has 1 atom stereocenters. The molecule has 5 nitrogen and oxygen atoms in total. The van der Waals surface area contributed by atoms with Gasteiger partial charge in [0.25, 0.3) is 5.91 Å². The molecular weight excluding hydrogens is 316 g/mol. The molecule has 1 unspecified atom stereocenters. The molecule has 1 heterocycles. The smallest absolute Gasteiger partial charge is 0.274 e. The zero-order chi connectivity index (χ0) is 16.4. The first-order valence-electron chi connectivity index (χ1n) is 7.31. The van der Waals surface area contributed by atoms with Gasteiger partial charge in [0.05, 0.1) is 16.8 Å². The van der Waals surface area contributed by atoms with E-state index in [1.807, 2.05) is 30.3 Å². The van der Waals surface area contributed by atoms with E-state index in [1.165, 1.54) is 0 Å². The van der Waals surface area contributed by atoms with Crippen molar-refractivity contribution in [3.05, 3.63) is 58.6 Å². The number of nitrogens with zero attached hydrogens (tertiary/aromatic N) is 1. The largest absolute Gasteiger partial charge is 0.491 e. The molecule has 0 bridgehead atoms. The second kappa shape index (κ2) is 6.48. The minimum atomic E-state index is -0.559. The summed E-state index contributed by atoms with van der Waals surface area (Å²) < 4.78 is 5.84. The number of carbonyl (C=O) groups excluding carboxylic acids is 1. The number of amides is 1. The lowest BCUT2D eigenvalue weighted by atomic mass is 10.1. The van der Waals surface area contributed by atoms with Crippen LogP contribution >= 0.6 is 11.6 Å². The van der Waals surface area contributed by atoms with Crippen molar-refractivity contribution in [3.63, 3.8) is 0 Å². The molecule has 2 aromatic carbocycles. The number of fused-ring (bicyclic) bond motifs is 1. The third-order valence-electron chi connectivity index (χ3n) is 3.95. The van der Waals surface area contributed by atoms with E-state index in [1.54, 1.807) is 17.6 Å². The highest BCUT2D eigenvalue weighted by atomic mass is 35.5.